The molecule has 0 aliphatic heterocycles. The third kappa shape index (κ3) is 2.65. The van der Waals surface area contributed by atoms with Gasteiger partial charge in [-0.25, -0.2) is 4.79 Å². The van der Waals surface area contributed by atoms with Crippen LogP contribution in [-0.2, 0) is 17.3 Å². The van der Waals surface area contributed by atoms with Gasteiger partial charge in [-0.1, -0.05) is 28.1 Å². The number of aryl methyl sites for hydroxylation is 1. The number of carboxylic acid groups (broad SMARTS) is 1. The predicted octanol–water partition coefficient (Wildman–Crippen LogP) is 4.00. The molecule has 0 aliphatic carbocycles. The standard InChI is InChI=1S/C21H18BrN3O3/c1-21(2,19(26)27)12-4-7-14(8-5-12)25-18-15-10-13(22)6-9-16(15)23-11-17(18)24(3)20(25)28/h4-11H,1-3H3,(H,26,27). The third-order valence-electron chi connectivity index (χ3n) is 5.23. The van der Waals surface area contributed by atoms with Crippen molar-refractivity contribution >= 4 is 43.8 Å². The molecule has 2 aromatic heterocycles. The molecule has 0 saturated heterocycles. The Morgan fingerprint density at radius 1 is 1.14 bits per heavy atom. The second-order valence-electron chi connectivity index (χ2n) is 7.31. The largest absolute Gasteiger partial charge is 0.481 e. The molecule has 4 rings (SSSR count). The average molecular weight is 440 g/mol. The molecule has 0 saturated carbocycles. The van der Waals surface area contributed by atoms with Crippen LogP contribution in [0, 0.1) is 0 Å². The zero-order valence-corrected chi connectivity index (χ0v) is 17.2. The minimum Gasteiger partial charge on any atom is -0.481 e. The summed E-state index contributed by atoms with van der Waals surface area (Å²) >= 11 is 3.49. The highest BCUT2D eigenvalue weighted by atomic mass is 79.9. The van der Waals surface area contributed by atoms with Crippen molar-refractivity contribution in [1.82, 2.24) is 14.1 Å². The number of aromatic nitrogens is 3. The van der Waals surface area contributed by atoms with E-state index >= 15 is 0 Å². The minimum atomic E-state index is -1.01. The molecule has 0 amide bonds. The molecule has 0 spiro atoms. The Morgan fingerprint density at radius 2 is 1.82 bits per heavy atom. The number of rotatable bonds is 3. The van der Waals surface area contributed by atoms with Crippen LogP contribution in [0.25, 0.3) is 27.6 Å². The molecule has 6 nitrogen and oxygen atoms in total. The lowest BCUT2D eigenvalue weighted by Crippen LogP contribution is -2.28. The molecule has 0 atom stereocenters. The molecule has 1 N–H and O–H groups in total. The van der Waals surface area contributed by atoms with Gasteiger partial charge in [0.25, 0.3) is 0 Å². The summed E-state index contributed by atoms with van der Waals surface area (Å²) in [7, 11) is 1.72. The van der Waals surface area contributed by atoms with Crippen LogP contribution in [0.2, 0.25) is 0 Å². The first-order valence-electron chi connectivity index (χ1n) is 8.72. The Labute approximate surface area is 169 Å². The number of pyridine rings is 1. The van der Waals surface area contributed by atoms with Gasteiger partial charge in [-0.2, -0.15) is 0 Å². The molecule has 0 bridgehead atoms. The van der Waals surface area contributed by atoms with Gasteiger partial charge in [0.2, 0.25) is 0 Å². The van der Waals surface area contributed by atoms with Crippen molar-refractivity contribution in [2.24, 2.45) is 7.05 Å². The molecule has 0 fully saturated rings. The molecule has 4 aromatic rings. The van der Waals surface area contributed by atoms with Crippen LogP contribution in [0.5, 0.6) is 0 Å². The normalized spacial score (nSPS) is 12.0. The molecular weight excluding hydrogens is 422 g/mol. The molecule has 142 valence electrons. The summed E-state index contributed by atoms with van der Waals surface area (Å²) in [5.41, 5.74) is 2.44. The summed E-state index contributed by atoms with van der Waals surface area (Å²) in [5.74, 6) is -0.899. The maximum Gasteiger partial charge on any atom is 0.333 e. The van der Waals surface area contributed by atoms with E-state index in [9.17, 15) is 14.7 Å². The number of carbonyl (C=O) groups is 1. The second kappa shape index (κ2) is 6.31. The Morgan fingerprint density at radius 3 is 2.46 bits per heavy atom. The lowest BCUT2D eigenvalue weighted by atomic mass is 9.85. The Bertz CT molecular complexity index is 1300. The van der Waals surface area contributed by atoms with Crippen LogP contribution in [0.3, 0.4) is 0 Å². The summed E-state index contributed by atoms with van der Waals surface area (Å²) in [5, 5.41) is 10.3. The maximum absolute atomic E-state index is 13.0. The van der Waals surface area contributed by atoms with E-state index in [1.165, 1.54) is 0 Å². The highest BCUT2D eigenvalue weighted by molar-refractivity contribution is 9.10. The Balaban J connectivity index is 2.01. The van der Waals surface area contributed by atoms with Crippen molar-refractivity contribution in [2.45, 2.75) is 19.3 Å². The molecule has 2 heterocycles. The number of imidazole rings is 1. The fourth-order valence-electron chi connectivity index (χ4n) is 3.36. The lowest BCUT2D eigenvalue weighted by molar-refractivity contribution is -0.142. The number of hydrogen-bond donors (Lipinski definition) is 1. The molecule has 28 heavy (non-hydrogen) atoms. The fraction of sp³-hybridized carbons (Fsp3) is 0.190. The molecule has 0 unspecified atom stereocenters. The quantitative estimate of drug-likeness (QED) is 0.523. The van der Waals surface area contributed by atoms with E-state index in [1.807, 2.05) is 18.2 Å². The SMILES string of the molecule is Cn1c(=O)n(-c2ccc(C(C)(C)C(=O)O)cc2)c2c3cc(Br)ccc3ncc21. The van der Waals surface area contributed by atoms with Gasteiger partial charge in [0.15, 0.2) is 0 Å². The first-order valence-corrected chi connectivity index (χ1v) is 9.51. The van der Waals surface area contributed by atoms with Crippen LogP contribution in [0.15, 0.2) is 57.9 Å². The van der Waals surface area contributed by atoms with Gasteiger partial charge < -0.3 is 5.11 Å². The van der Waals surface area contributed by atoms with Crippen LogP contribution in [0.1, 0.15) is 19.4 Å². The van der Waals surface area contributed by atoms with Gasteiger partial charge in [-0.3, -0.25) is 18.9 Å². The van der Waals surface area contributed by atoms with Crippen LogP contribution in [0.4, 0.5) is 0 Å². The van der Waals surface area contributed by atoms with E-state index in [2.05, 4.69) is 20.9 Å². The zero-order chi connectivity index (χ0) is 20.2. The number of halogens is 1. The number of carboxylic acids is 1. The highest BCUT2D eigenvalue weighted by Gasteiger charge is 2.29. The molecule has 7 heteroatoms. The number of nitrogens with zero attached hydrogens (tertiary/aromatic N) is 3. The van der Waals surface area contributed by atoms with Crippen molar-refractivity contribution in [3.8, 4) is 5.69 Å². The Kier molecular flexibility index (Phi) is 4.15. The van der Waals surface area contributed by atoms with Gasteiger partial charge in [0.1, 0.15) is 0 Å². The molecule has 0 radical (unpaired) electrons. The Hall–Kier alpha value is -2.93. The fourth-order valence-corrected chi connectivity index (χ4v) is 3.72. The number of hydrogen-bond acceptors (Lipinski definition) is 3. The molecular formula is C21H18BrN3O3. The van der Waals surface area contributed by atoms with Crippen LogP contribution in [-0.4, -0.2) is 25.2 Å². The van der Waals surface area contributed by atoms with Crippen molar-refractivity contribution in [2.75, 3.05) is 0 Å². The van der Waals surface area contributed by atoms with Gasteiger partial charge in [0.05, 0.1) is 33.8 Å². The van der Waals surface area contributed by atoms with Crippen LogP contribution >= 0.6 is 15.9 Å². The van der Waals surface area contributed by atoms with Gasteiger partial charge in [-0.05, 0) is 49.7 Å². The van der Waals surface area contributed by atoms with Gasteiger partial charge >= 0.3 is 11.7 Å². The molecule has 2 aromatic carbocycles. The predicted molar refractivity (Wildman–Crippen MR) is 112 cm³/mol. The van der Waals surface area contributed by atoms with Crippen LogP contribution < -0.4 is 5.69 Å². The number of fused-ring (bicyclic) bond motifs is 3. The van der Waals surface area contributed by atoms with E-state index in [-0.39, 0.29) is 5.69 Å². The van der Waals surface area contributed by atoms with E-state index in [0.29, 0.717) is 11.3 Å². The minimum absolute atomic E-state index is 0.186. The van der Waals surface area contributed by atoms with Crippen molar-refractivity contribution in [1.29, 1.82) is 0 Å². The molecule has 0 aliphatic rings. The first-order chi connectivity index (χ1) is 13.2. The summed E-state index contributed by atoms with van der Waals surface area (Å²) in [6.45, 7) is 3.32. The van der Waals surface area contributed by atoms with E-state index in [0.717, 1.165) is 26.4 Å². The van der Waals surface area contributed by atoms with Crippen molar-refractivity contribution in [3.63, 3.8) is 0 Å². The average Bonchev–Trinajstić information content (AvgIpc) is 2.93. The van der Waals surface area contributed by atoms with E-state index in [4.69, 9.17) is 0 Å². The topological polar surface area (TPSA) is 77.1 Å². The van der Waals surface area contributed by atoms with Crippen molar-refractivity contribution < 1.29 is 9.90 Å². The lowest BCUT2D eigenvalue weighted by Gasteiger charge is -2.20. The highest BCUT2D eigenvalue weighted by Crippen LogP contribution is 2.29. The summed E-state index contributed by atoms with van der Waals surface area (Å²) in [6, 6.07) is 12.8. The second-order valence-corrected chi connectivity index (χ2v) is 8.22. The van der Waals surface area contributed by atoms with Gasteiger partial charge in [-0.15, -0.1) is 0 Å². The van der Waals surface area contributed by atoms with E-state index < -0.39 is 11.4 Å². The summed E-state index contributed by atoms with van der Waals surface area (Å²) < 4.78 is 4.11. The number of benzene rings is 2. The zero-order valence-electron chi connectivity index (χ0n) is 15.6. The summed E-state index contributed by atoms with van der Waals surface area (Å²) in [6.07, 6.45) is 1.70. The third-order valence-corrected chi connectivity index (χ3v) is 5.72. The van der Waals surface area contributed by atoms with E-state index in [1.54, 1.807) is 60.5 Å². The summed E-state index contributed by atoms with van der Waals surface area (Å²) in [4.78, 5) is 29.0. The monoisotopic (exact) mass is 439 g/mol. The van der Waals surface area contributed by atoms with Gasteiger partial charge in [0, 0.05) is 16.9 Å². The van der Waals surface area contributed by atoms with Crippen molar-refractivity contribution in [3.05, 3.63) is 69.2 Å². The number of aliphatic carboxylic acids is 1. The maximum atomic E-state index is 13.0. The smallest absolute Gasteiger partial charge is 0.333 e. The first kappa shape index (κ1) is 18.4.